The summed E-state index contributed by atoms with van der Waals surface area (Å²) >= 11 is 0. The van der Waals surface area contributed by atoms with Crippen LogP contribution < -0.4 is 9.46 Å². The third-order valence-corrected chi connectivity index (χ3v) is 9.56. The first-order chi connectivity index (χ1) is 18.7. The van der Waals surface area contributed by atoms with Crippen LogP contribution in [-0.4, -0.2) is 44.8 Å². The minimum atomic E-state index is -3.71. The molecule has 2 fully saturated rings. The van der Waals surface area contributed by atoms with Crippen LogP contribution in [0, 0.1) is 5.41 Å². The molecule has 208 valence electrons. The molecule has 1 aromatic heterocycles. The number of esters is 1. The molecule has 0 aliphatic heterocycles. The molecule has 0 unspecified atom stereocenters. The van der Waals surface area contributed by atoms with Gasteiger partial charge in [-0.1, -0.05) is 25.3 Å². The SMILES string of the molecule is CCS(=O)(=O)NC(=O)c1ccc2c(C3CCCCC3)c(-c3ccc(OC)cc3)n(CC3(C(=O)OC)CC3)c2c1. The quantitative estimate of drug-likeness (QED) is 0.357. The van der Waals surface area contributed by atoms with Crippen LogP contribution in [0.15, 0.2) is 42.5 Å². The molecular formula is C30H36N2O6S. The molecular weight excluding hydrogens is 516 g/mol. The van der Waals surface area contributed by atoms with Crippen LogP contribution in [0.25, 0.3) is 22.2 Å². The number of methoxy groups -OCH3 is 2. The maximum absolute atomic E-state index is 13.0. The van der Waals surface area contributed by atoms with Gasteiger partial charge in [-0.3, -0.25) is 9.59 Å². The Balaban J connectivity index is 1.74. The van der Waals surface area contributed by atoms with Crippen molar-refractivity contribution in [2.45, 2.75) is 64.3 Å². The number of rotatable bonds is 9. The number of benzene rings is 2. The summed E-state index contributed by atoms with van der Waals surface area (Å²) in [5.74, 6) is 0.0166. The average Bonchev–Trinajstić information content (AvgIpc) is 3.68. The van der Waals surface area contributed by atoms with Gasteiger partial charge < -0.3 is 14.0 Å². The minimum absolute atomic E-state index is 0.188. The Morgan fingerprint density at radius 3 is 2.31 bits per heavy atom. The van der Waals surface area contributed by atoms with E-state index in [1.165, 1.54) is 26.0 Å². The normalized spacial score (nSPS) is 17.1. The summed E-state index contributed by atoms with van der Waals surface area (Å²) in [6.45, 7) is 1.91. The summed E-state index contributed by atoms with van der Waals surface area (Å²) in [6.07, 6.45) is 7.13. The summed E-state index contributed by atoms with van der Waals surface area (Å²) in [5, 5.41) is 1.03. The molecule has 0 atom stereocenters. The second-order valence-electron chi connectivity index (χ2n) is 10.8. The number of fused-ring (bicyclic) bond motifs is 1. The molecule has 5 rings (SSSR count). The standard InChI is InChI=1S/C30H36N2O6S/c1-4-39(35,36)31-28(33)22-12-15-24-25(18-22)32(19-30(16-17-30)29(34)38-3)27(21-10-13-23(37-2)14-11-21)26(24)20-8-6-5-7-9-20/h10-15,18,20H,4-9,16-17,19H2,1-3H3,(H,31,33). The van der Waals surface area contributed by atoms with Crippen LogP contribution in [0.3, 0.4) is 0 Å². The number of nitrogens with zero attached hydrogens (tertiary/aromatic N) is 1. The molecule has 3 aromatic rings. The van der Waals surface area contributed by atoms with Gasteiger partial charge in [-0.25, -0.2) is 13.1 Å². The van der Waals surface area contributed by atoms with Crippen molar-refractivity contribution in [3.8, 4) is 17.0 Å². The molecule has 0 spiro atoms. The van der Waals surface area contributed by atoms with E-state index in [0.717, 1.165) is 66.4 Å². The molecule has 1 heterocycles. The molecule has 8 nitrogen and oxygen atoms in total. The Bertz CT molecular complexity index is 1500. The van der Waals surface area contributed by atoms with Crippen molar-refractivity contribution in [2.24, 2.45) is 5.41 Å². The van der Waals surface area contributed by atoms with E-state index >= 15 is 0 Å². The molecule has 1 amide bonds. The van der Waals surface area contributed by atoms with Gasteiger partial charge in [-0.05, 0) is 86.1 Å². The summed E-state index contributed by atoms with van der Waals surface area (Å²) in [6, 6.07) is 13.3. The van der Waals surface area contributed by atoms with E-state index in [0.29, 0.717) is 12.5 Å². The summed E-state index contributed by atoms with van der Waals surface area (Å²) in [5.41, 5.74) is 3.73. The number of aromatic nitrogens is 1. The van der Waals surface area contributed by atoms with Crippen molar-refractivity contribution in [1.29, 1.82) is 0 Å². The van der Waals surface area contributed by atoms with Gasteiger partial charge >= 0.3 is 5.97 Å². The topological polar surface area (TPSA) is 104 Å². The third kappa shape index (κ3) is 5.29. The maximum Gasteiger partial charge on any atom is 0.313 e. The van der Waals surface area contributed by atoms with Gasteiger partial charge in [0, 0.05) is 23.0 Å². The Morgan fingerprint density at radius 2 is 1.72 bits per heavy atom. The van der Waals surface area contributed by atoms with Gasteiger partial charge in [-0.2, -0.15) is 0 Å². The van der Waals surface area contributed by atoms with E-state index in [1.54, 1.807) is 19.2 Å². The van der Waals surface area contributed by atoms with Crippen molar-refractivity contribution >= 4 is 32.8 Å². The van der Waals surface area contributed by atoms with Crippen LogP contribution in [0.1, 0.15) is 73.7 Å². The highest BCUT2D eigenvalue weighted by molar-refractivity contribution is 7.90. The highest BCUT2D eigenvalue weighted by atomic mass is 32.2. The number of carbonyl (C=O) groups excluding carboxylic acids is 2. The lowest BCUT2D eigenvalue weighted by Crippen LogP contribution is -2.31. The van der Waals surface area contributed by atoms with E-state index in [4.69, 9.17) is 9.47 Å². The number of carbonyl (C=O) groups is 2. The molecule has 2 aromatic carbocycles. The molecule has 2 aliphatic rings. The van der Waals surface area contributed by atoms with E-state index < -0.39 is 21.3 Å². The molecule has 1 N–H and O–H groups in total. The Morgan fingerprint density at radius 1 is 1.03 bits per heavy atom. The monoisotopic (exact) mass is 552 g/mol. The van der Waals surface area contributed by atoms with Gasteiger partial charge in [0.2, 0.25) is 10.0 Å². The van der Waals surface area contributed by atoms with E-state index in [2.05, 4.69) is 9.29 Å². The number of hydrogen-bond acceptors (Lipinski definition) is 6. The van der Waals surface area contributed by atoms with Crippen LogP contribution in [0.2, 0.25) is 0 Å². The van der Waals surface area contributed by atoms with Crippen molar-refractivity contribution in [3.05, 3.63) is 53.6 Å². The van der Waals surface area contributed by atoms with E-state index in [-0.39, 0.29) is 17.3 Å². The predicted octanol–water partition coefficient (Wildman–Crippen LogP) is 5.40. The molecule has 0 radical (unpaired) electrons. The first kappa shape index (κ1) is 27.2. The highest BCUT2D eigenvalue weighted by Crippen LogP contribution is 2.51. The number of ether oxygens (including phenoxy) is 2. The average molecular weight is 553 g/mol. The zero-order chi connectivity index (χ0) is 27.8. The molecule has 9 heteroatoms. The summed E-state index contributed by atoms with van der Waals surface area (Å²) in [7, 11) is -0.655. The smallest absolute Gasteiger partial charge is 0.313 e. The van der Waals surface area contributed by atoms with Crippen molar-refractivity contribution in [3.63, 3.8) is 0 Å². The van der Waals surface area contributed by atoms with E-state index in [1.807, 2.05) is 30.3 Å². The second kappa shape index (κ2) is 10.7. The molecule has 2 saturated carbocycles. The number of nitrogens with one attached hydrogen (secondary N) is 1. The molecule has 39 heavy (non-hydrogen) atoms. The summed E-state index contributed by atoms with van der Waals surface area (Å²) in [4.78, 5) is 25.8. The lowest BCUT2D eigenvalue weighted by Gasteiger charge is -2.24. The fourth-order valence-corrected chi connectivity index (χ4v) is 6.46. The zero-order valence-corrected chi connectivity index (χ0v) is 23.6. The molecule has 2 aliphatic carbocycles. The Kier molecular flexibility index (Phi) is 7.46. The van der Waals surface area contributed by atoms with Crippen molar-refractivity contribution in [1.82, 2.24) is 9.29 Å². The summed E-state index contributed by atoms with van der Waals surface area (Å²) < 4.78 is 39.2. The van der Waals surface area contributed by atoms with Crippen LogP contribution in [-0.2, 0) is 26.1 Å². The van der Waals surface area contributed by atoms with Crippen molar-refractivity contribution < 1.29 is 27.5 Å². The minimum Gasteiger partial charge on any atom is -0.497 e. The molecule has 0 saturated heterocycles. The maximum atomic E-state index is 13.0. The third-order valence-electron chi connectivity index (χ3n) is 8.30. The van der Waals surface area contributed by atoms with Crippen LogP contribution in [0.4, 0.5) is 0 Å². The van der Waals surface area contributed by atoms with Crippen LogP contribution in [0.5, 0.6) is 5.75 Å². The lowest BCUT2D eigenvalue weighted by atomic mass is 9.81. The van der Waals surface area contributed by atoms with Gasteiger partial charge in [0.05, 0.1) is 31.1 Å². The molecule has 0 bridgehead atoms. The lowest BCUT2D eigenvalue weighted by molar-refractivity contribution is -0.147. The second-order valence-corrected chi connectivity index (χ2v) is 12.8. The number of hydrogen-bond donors (Lipinski definition) is 1. The van der Waals surface area contributed by atoms with Gasteiger partial charge in [-0.15, -0.1) is 0 Å². The van der Waals surface area contributed by atoms with Gasteiger partial charge in [0.15, 0.2) is 0 Å². The van der Waals surface area contributed by atoms with Gasteiger partial charge in [0.25, 0.3) is 5.91 Å². The van der Waals surface area contributed by atoms with Crippen molar-refractivity contribution in [2.75, 3.05) is 20.0 Å². The highest BCUT2D eigenvalue weighted by Gasteiger charge is 2.52. The number of amides is 1. The zero-order valence-electron chi connectivity index (χ0n) is 22.8. The number of sulfonamides is 1. The first-order valence-corrected chi connectivity index (χ1v) is 15.3. The van der Waals surface area contributed by atoms with E-state index in [9.17, 15) is 18.0 Å². The Hall–Kier alpha value is -3.33. The first-order valence-electron chi connectivity index (χ1n) is 13.7. The fourth-order valence-electron chi connectivity index (χ4n) is 5.92. The van der Waals surface area contributed by atoms with Gasteiger partial charge in [0.1, 0.15) is 5.75 Å². The Labute approximate surface area is 229 Å². The van der Waals surface area contributed by atoms with Crippen LogP contribution >= 0.6 is 0 Å². The predicted molar refractivity (Wildman–Crippen MR) is 150 cm³/mol. The fraction of sp³-hybridized carbons (Fsp3) is 0.467. The largest absolute Gasteiger partial charge is 0.497 e.